The van der Waals surface area contributed by atoms with Crippen LogP contribution < -0.4 is 5.32 Å². The van der Waals surface area contributed by atoms with Crippen molar-refractivity contribution in [1.82, 2.24) is 4.90 Å². The molecule has 6 nitrogen and oxygen atoms in total. The molecule has 1 heterocycles. The maximum Gasteiger partial charge on any atom is 0.284 e. The minimum Gasteiger partial charge on any atom is -0.362 e. The van der Waals surface area contributed by atoms with E-state index in [0.29, 0.717) is 29.8 Å². The second kappa shape index (κ2) is 6.54. The van der Waals surface area contributed by atoms with E-state index in [-0.39, 0.29) is 16.7 Å². The lowest BCUT2D eigenvalue weighted by Gasteiger charge is -2.17. The summed E-state index contributed by atoms with van der Waals surface area (Å²) in [5, 5.41) is 2.89. The number of anilines is 1. The van der Waals surface area contributed by atoms with E-state index >= 15 is 0 Å². The molecule has 7 heteroatoms. The highest BCUT2D eigenvalue weighted by Gasteiger charge is 2.39. The molecule has 1 aromatic rings. The molecule has 3 atom stereocenters. The number of carbonyl (C=O) groups is 1. The van der Waals surface area contributed by atoms with Crippen LogP contribution in [0.25, 0.3) is 0 Å². The summed E-state index contributed by atoms with van der Waals surface area (Å²) in [4.78, 5) is 14.5. The van der Waals surface area contributed by atoms with E-state index < -0.39 is 10.0 Å². The molecule has 26 heavy (non-hydrogen) atoms. The molecule has 0 spiro atoms. The van der Waals surface area contributed by atoms with E-state index in [1.807, 2.05) is 11.9 Å². The van der Waals surface area contributed by atoms with Gasteiger partial charge in [0.2, 0.25) is 5.91 Å². The van der Waals surface area contributed by atoms with Crippen molar-refractivity contribution in [2.45, 2.75) is 30.6 Å². The van der Waals surface area contributed by atoms with Gasteiger partial charge in [0.25, 0.3) is 10.0 Å². The van der Waals surface area contributed by atoms with Gasteiger partial charge in [-0.2, -0.15) is 8.42 Å². The zero-order valence-corrected chi connectivity index (χ0v) is 15.6. The zero-order valence-electron chi connectivity index (χ0n) is 14.8. The van der Waals surface area contributed by atoms with Gasteiger partial charge in [-0.1, -0.05) is 18.2 Å². The summed E-state index contributed by atoms with van der Waals surface area (Å²) in [5.41, 5.74) is 0.503. The fourth-order valence-electron chi connectivity index (χ4n) is 4.15. The van der Waals surface area contributed by atoms with Crippen molar-refractivity contribution < 1.29 is 13.2 Å². The number of nitrogens with zero attached hydrogens (tertiary/aromatic N) is 2. The quantitative estimate of drug-likeness (QED) is 0.823. The van der Waals surface area contributed by atoms with E-state index in [1.165, 1.54) is 12.1 Å². The number of amidine groups is 1. The lowest BCUT2D eigenvalue weighted by Crippen LogP contribution is -2.26. The van der Waals surface area contributed by atoms with Crippen LogP contribution in [0.5, 0.6) is 0 Å². The third-order valence-electron chi connectivity index (χ3n) is 5.58. The first-order valence-electron chi connectivity index (χ1n) is 9.06. The summed E-state index contributed by atoms with van der Waals surface area (Å²) < 4.78 is 29.2. The number of fused-ring (bicyclic) bond motifs is 2. The number of nitrogens with one attached hydrogen (secondary N) is 1. The highest BCUT2D eigenvalue weighted by Crippen LogP contribution is 2.43. The molecule has 1 saturated heterocycles. The Bertz CT molecular complexity index is 891. The molecule has 0 aromatic heterocycles. The fraction of sp³-hybridized carbons (Fsp3) is 0.474. The molecule has 2 fully saturated rings. The lowest BCUT2D eigenvalue weighted by molar-refractivity contribution is -0.120. The average molecular weight is 373 g/mol. The number of carbonyl (C=O) groups excluding carboxylic acids is 1. The molecular formula is C19H23N3O3S. The average Bonchev–Trinajstić information content (AvgIpc) is 3.33. The highest BCUT2D eigenvalue weighted by atomic mass is 32.2. The molecular weight excluding hydrogens is 350 g/mol. The zero-order chi connectivity index (χ0) is 18.3. The van der Waals surface area contributed by atoms with Crippen LogP contribution in [0.2, 0.25) is 0 Å². The van der Waals surface area contributed by atoms with Crippen molar-refractivity contribution in [2.75, 3.05) is 18.9 Å². The number of likely N-dealkylation sites (tertiary alicyclic amines) is 1. The van der Waals surface area contributed by atoms with E-state index in [4.69, 9.17) is 0 Å². The van der Waals surface area contributed by atoms with Crippen LogP contribution in [0.1, 0.15) is 25.7 Å². The Morgan fingerprint density at radius 1 is 1.27 bits per heavy atom. The molecule has 3 unspecified atom stereocenters. The molecule has 4 rings (SSSR count). The maximum atomic E-state index is 12.6. The van der Waals surface area contributed by atoms with Gasteiger partial charge in [0.15, 0.2) is 0 Å². The monoisotopic (exact) mass is 373 g/mol. The SMILES string of the molecule is CN1CCC/C1=N\S(=O)(=O)c1cccc(NC(=O)C2CC3C=CC2C3)c1. The van der Waals surface area contributed by atoms with Crippen LogP contribution in [-0.4, -0.2) is 38.7 Å². The van der Waals surface area contributed by atoms with Crippen molar-refractivity contribution in [3.63, 3.8) is 0 Å². The number of rotatable bonds is 4. The number of amides is 1. The Balaban J connectivity index is 1.51. The predicted octanol–water partition coefficient (Wildman–Crippen LogP) is 2.65. The maximum absolute atomic E-state index is 12.6. The van der Waals surface area contributed by atoms with Gasteiger partial charge in [-0.3, -0.25) is 4.79 Å². The smallest absolute Gasteiger partial charge is 0.284 e. The fourth-order valence-corrected chi connectivity index (χ4v) is 5.29. The van der Waals surface area contributed by atoms with Gasteiger partial charge in [0.05, 0.1) is 4.90 Å². The summed E-state index contributed by atoms with van der Waals surface area (Å²) >= 11 is 0. The van der Waals surface area contributed by atoms with E-state index in [0.717, 1.165) is 25.8 Å². The Kier molecular flexibility index (Phi) is 4.34. The highest BCUT2D eigenvalue weighted by molar-refractivity contribution is 7.90. The van der Waals surface area contributed by atoms with Crippen molar-refractivity contribution in [3.05, 3.63) is 36.4 Å². The second-order valence-electron chi connectivity index (χ2n) is 7.41. The normalized spacial score (nSPS) is 28.9. The van der Waals surface area contributed by atoms with Crippen molar-refractivity contribution in [2.24, 2.45) is 22.2 Å². The second-order valence-corrected chi connectivity index (χ2v) is 9.02. The number of allylic oxidation sites excluding steroid dienone is 2. The standard InChI is InChI=1S/C19H23N3O3S/c1-22-9-3-6-18(22)21-26(24,25)16-5-2-4-15(12-16)20-19(23)17-11-13-7-8-14(17)10-13/h2,4-5,7-8,12-14,17H,3,6,9-11H2,1H3,(H,20,23)/b21-18+. The molecule has 0 radical (unpaired) electrons. The molecule has 1 amide bonds. The largest absolute Gasteiger partial charge is 0.362 e. The molecule has 1 aliphatic heterocycles. The summed E-state index contributed by atoms with van der Waals surface area (Å²) in [6.45, 7) is 0.822. The molecule has 138 valence electrons. The van der Waals surface area contributed by atoms with Gasteiger partial charge in [-0.25, -0.2) is 0 Å². The lowest BCUT2D eigenvalue weighted by atomic mass is 9.93. The molecule has 3 aliphatic rings. The Labute approximate surface area is 154 Å². The summed E-state index contributed by atoms with van der Waals surface area (Å²) in [5.74, 6) is 1.38. The topological polar surface area (TPSA) is 78.8 Å². The van der Waals surface area contributed by atoms with Gasteiger partial charge in [0, 0.05) is 31.6 Å². The molecule has 1 aromatic carbocycles. The summed E-state index contributed by atoms with van der Waals surface area (Å²) in [6, 6.07) is 6.37. The van der Waals surface area contributed by atoms with Crippen LogP contribution in [0, 0.1) is 17.8 Å². The van der Waals surface area contributed by atoms with Crippen LogP contribution >= 0.6 is 0 Å². The molecule has 1 N–H and O–H groups in total. The first kappa shape index (κ1) is 17.3. The molecule has 1 saturated carbocycles. The number of sulfonamides is 1. The molecule has 2 bridgehead atoms. The minimum atomic E-state index is -3.78. The first-order chi connectivity index (χ1) is 12.4. The summed E-state index contributed by atoms with van der Waals surface area (Å²) in [6.07, 6.45) is 7.85. The van der Waals surface area contributed by atoms with Crippen molar-refractivity contribution in [3.8, 4) is 0 Å². The predicted molar refractivity (Wildman–Crippen MR) is 100 cm³/mol. The van der Waals surface area contributed by atoms with Crippen LogP contribution in [0.3, 0.4) is 0 Å². The van der Waals surface area contributed by atoms with E-state index in [2.05, 4.69) is 21.9 Å². The number of hydrogen-bond acceptors (Lipinski definition) is 3. The first-order valence-corrected chi connectivity index (χ1v) is 10.5. The van der Waals surface area contributed by atoms with Gasteiger partial charge in [-0.15, -0.1) is 4.40 Å². The van der Waals surface area contributed by atoms with Gasteiger partial charge in [-0.05, 0) is 49.3 Å². The van der Waals surface area contributed by atoms with Crippen molar-refractivity contribution in [1.29, 1.82) is 0 Å². The van der Waals surface area contributed by atoms with Crippen molar-refractivity contribution >= 4 is 27.5 Å². The summed E-state index contributed by atoms with van der Waals surface area (Å²) in [7, 11) is -1.93. The Morgan fingerprint density at radius 3 is 2.77 bits per heavy atom. The third kappa shape index (κ3) is 3.28. The van der Waals surface area contributed by atoms with Gasteiger partial charge < -0.3 is 10.2 Å². The van der Waals surface area contributed by atoms with E-state index in [1.54, 1.807) is 12.1 Å². The van der Waals surface area contributed by atoms with Crippen LogP contribution in [0.4, 0.5) is 5.69 Å². The van der Waals surface area contributed by atoms with Gasteiger partial charge >= 0.3 is 0 Å². The van der Waals surface area contributed by atoms with Crippen LogP contribution in [0.15, 0.2) is 45.7 Å². The minimum absolute atomic E-state index is 0.0161. The Morgan fingerprint density at radius 2 is 2.12 bits per heavy atom. The number of benzene rings is 1. The third-order valence-corrected chi connectivity index (χ3v) is 6.88. The number of hydrogen-bond donors (Lipinski definition) is 1. The Hall–Kier alpha value is -2.15. The van der Waals surface area contributed by atoms with E-state index in [9.17, 15) is 13.2 Å². The van der Waals surface area contributed by atoms with Gasteiger partial charge in [0.1, 0.15) is 5.84 Å². The molecule has 2 aliphatic carbocycles. The van der Waals surface area contributed by atoms with Crippen LogP contribution in [-0.2, 0) is 14.8 Å².